The van der Waals surface area contributed by atoms with Crippen molar-refractivity contribution in [1.82, 2.24) is 20.4 Å². The van der Waals surface area contributed by atoms with Gasteiger partial charge in [-0.3, -0.25) is 9.78 Å². The normalized spacial score (nSPS) is 16.3. The van der Waals surface area contributed by atoms with Crippen molar-refractivity contribution in [2.75, 3.05) is 25.3 Å². The molecule has 9 nitrogen and oxygen atoms in total. The zero-order chi connectivity index (χ0) is 21.2. The molecule has 0 saturated heterocycles. The molecule has 1 aliphatic rings. The van der Waals surface area contributed by atoms with E-state index < -0.39 is 33.7 Å². The minimum absolute atomic E-state index is 0.0169. The maximum atomic E-state index is 12.9. The first kappa shape index (κ1) is 21.2. The van der Waals surface area contributed by atoms with Crippen LogP contribution in [0.25, 0.3) is 0 Å². The van der Waals surface area contributed by atoms with Gasteiger partial charge in [-0.05, 0) is 25.7 Å². The number of hydrogen-bond acceptors (Lipinski definition) is 8. The van der Waals surface area contributed by atoms with E-state index in [2.05, 4.69) is 20.4 Å². The number of halogens is 1. The molecule has 0 unspecified atom stereocenters. The number of carbonyl (C=O) groups is 1. The number of nitrogens with zero attached hydrogens (tertiary/aromatic N) is 3. The Bertz CT molecular complexity index is 1010. The van der Waals surface area contributed by atoms with Crippen LogP contribution >= 0.6 is 0 Å². The summed E-state index contributed by atoms with van der Waals surface area (Å²) < 4.78 is 46.8. The predicted octanol–water partition coefficient (Wildman–Crippen LogP) is 1.69. The van der Waals surface area contributed by atoms with Crippen LogP contribution in [0.5, 0.6) is 5.75 Å². The number of sulfone groups is 1. The number of aryl methyl sites for hydroxylation is 1. The van der Waals surface area contributed by atoms with E-state index in [1.165, 1.54) is 13.0 Å². The summed E-state index contributed by atoms with van der Waals surface area (Å²) in [7, 11) is -3.50. The van der Waals surface area contributed by atoms with Gasteiger partial charge in [-0.2, -0.15) is 4.98 Å². The quantitative estimate of drug-likeness (QED) is 0.642. The highest BCUT2D eigenvalue weighted by atomic mass is 32.2. The molecule has 1 amide bonds. The van der Waals surface area contributed by atoms with Crippen LogP contribution in [-0.4, -0.2) is 54.7 Å². The highest BCUT2D eigenvalue weighted by Crippen LogP contribution is 2.44. The van der Waals surface area contributed by atoms with E-state index in [4.69, 9.17) is 9.26 Å². The molecule has 0 bridgehead atoms. The molecule has 1 atom stereocenters. The highest BCUT2D eigenvalue weighted by Gasteiger charge is 2.38. The fraction of sp³-hybridized carbons (Fsp3) is 0.556. The molecule has 2 aromatic heterocycles. The van der Waals surface area contributed by atoms with Gasteiger partial charge in [-0.15, -0.1) is 0 Å². The molecular formula is C18H23FN4O5S. The van der Waals surface area contributed by atoms with Gasteiger partial charge >= 0.3 is 0 Å². The second kappa shape index (κ2) is 8.05. The van der Waals surface area contributed by atoms with Crippen molar-refractivity contribution in [2.24, 2.45) is 0 Å². The van der Waals surface area contributed by atoms with Crippen molar-refractivity contribution in [3.05, 3.63) is 35.2 Å². The van der Waals surface area contributed by atoms with E-state index in [0.717, 1.165) is 24.7 Å². The topological polar surface area (TPSA) is 124 Å². The van der Waals surface area contributed by atoms with Crippen molar-refractivity contribution < 1.29 is 26.9 Å². The molecule has 158 valence electrons. The summed E-state index contributed by atoms with van der Waals surface area (Å²) in [6.45, 7) is 2.28. The second-order valence-electron chi connectivity index (χ2n) is 7.41. The SMILES string of the molecule is Cc1nc([C@@](C)(CS(C)(=O)=O)NC(=O)c2cc(OCCF)c(C3CC3)cn2)no1. The Morgan fingerprint density at radius 2 is 2.17 bits per heavy atom. The smallest absolute Gasteiger partial charge is 0.270 e. The molecule has 0 spiro atoms. The van der Waals surface area contributed by atoms with E-state index in [9.17, 15) is 17.6 Å². The van der Waals surface area contributed by atoms with Crippen molar-refractivity contribution >= 4 is 15.7 Å². The third-order valence-electron chi connectivity index (χ3n) is 4.44. The van der Waals surface area contributed by atoms with Crippen LogP contribution in [0, 0.1) is 6.92 Å². The molecule has 0 aliphatic heterocycles. The molecule has 1 N–H and O–H groups in total. The van der Waals surface area contributed by atoms with Gasteiger partial charge in [0.15, 0.2) is 5.82 Å². The lowest BCUT2D eigenvalue weighted by atomic mass is 10.0. The second-order valence-corrected chi connectivity index (χ2v) is 9.55. The van der Waals surface area contributed by atoms with Crippen LogP contribution in [0.3, 0.4) is 0 Å². The first-order chi connectivity index (χ1) is 13.6. The molecule has 1 aliphatic carbocycles. The van der Waals surface area contributed by atoms with Crippen molar-refractivity contribution in [2.45, 2.75) is 38.1 Å². The number of alkyl halides is 1. The Hall–Kier alpha value is -2.56. The third-order valence-corrected chi connectivity index (χ3v) is 5.54. The fourth-order valence-corrected chi connectivity index (χ4v) is 4.32. The van der Waals surface area contributed by atoms with Gasteiger partial charge in [0.05, 0.1) is 5.75 Å². The number of rotatable bonds is 9. The lowest BCUT2D eigenvalue weighted by Crippen LogP contribution is -2.49. The van der Waals surface area contributed by atoms with Gasteiger partial charge in [0.2, 0.25) is 5.89 Å². The molecule has 11 heteroatoms. The zero-order valence-corrected chi connectivity index (χ0v) is 17.3. The summed E-state index contributed by atoms with van der Waals surface area (Å²) in [5, 5.41) is 6.42. The molecule has 3 rings (SSSR count). The summed E-state index contributed by atoms with van der Waals surface area (Å²) in [6, 6.07) is 1.45. The summed E-state index contributed by atoms with van der Waals surface area (Å²) in [4.78, 5) is 21.1. The van der Waals surface area contributed by atoms with Gasteiger partial charge in [-0.1, -0.05) is 5.16 Å². The Balaban J connectivity index is 1.89. The standard InChI is InChI=1S/C18H23FN4O5S/c1-11-21-17(23-28-11)18(2,10-29(3,25)26)22-16(24)14-8-15(27-7-6-19)13(9-20-14)12-4-5-12/h8-9,12H,4-7,10H2,1-3H3,(H,22,24)/t18-/m1/s1. The number of hydrogen-bond donors (Lipinski definition) is 1. The van der Waals surface area contributed by atoms with E-state index in [-0.39, 0.29) is 24.0 Å². The number of amides is 1. The lowest BCUT2D eigenvalue weighted by Gasteiger charge is -2.26. The van der Waals surface area contributed by atoms with E-state index in [1.54, 1.807) is 13.1 Å². The van der Waals surface area contributed by atoms with Crippen molar-refractivity contribution in [3.63, 3.8) is 0 Å². The number of ether oxygens (including phenoxy) is 1. The van der Waals surface area contributed by atoms with Crippen LogP contribution in [0.15, 0.2) is 16.8 Å². The number of nitrogens with one attached hydrogen (secondary N) is 1. The minimum atomic E-state index is -3.50. The Morgan fingerprint density at radius 1 is 1.45 bits per heavy atom. The summed E-state index contributed by atoms with van der Waals surface area (Å²) >= 11 is 0. The first-order valence-corrected chi connectivity index (χ1v) is 11.2. The van der Waals surface area contributed by atoms with Crippen LogP contribution in [-0.2, 0) is 15.4 Å². The lowest BCUT2D eigenvalue weighted by molar-refractivity contribution is 0.0903. The van der Waals surface area contributed by atoms with Crippen molar-refractivity contribution in [3.8, 4) is 5.75 Å². The summed E-state index contributed by atoms with van der Waals surface area (Å²) in [5.74, 6) is -0.0838. The average Bonchev–Trinajstić information content (AvgIpc) is 3.38. The van der Waals surface area contributed by atoms with Crippen LogP contribution in [0.1, 0.15) is 53.5 Å². The van der Waals surface area contributed by atoms with Gasteiger partial charge in [0, 0.05) is 31.0 Å². The Kier molecular flexibility index (Phi) is 5.87. The average molecular weight is 426 g/mol. The van der Waals surface area contributed by atoms with E-state index in [0.29, 0.717) is 11.7 Å². The Morgan fingerprint density at radius 3 is 2.72 bits per heavy atom. The molecule has 29 heavy (non-hydrogen) atoms. The first-order valence-electron chi connectivity index (χ1n) is 9.11. The summed E-state index contributed by atoms with van der Waals surface area (Å²) in [5.41, 5.74) is -0.579. The number of pyridine rings is 1. The molecule has 0 radical (unpaired) electrons. The largest absolute Gasteiger partial charge is 0.490 e. The Labute approximate surface area is 168 Å². The van der Waals surface area contributed by atoms with Gasteiger partial charge in [0.1, 0.15) is 40.1 Å². The minimum Gasteiger partial charge on any atom is -0.490 e. The van der Waals surface area contributed by atoms with Gasteiger partial charge in [0.25, 0.3) is 5.91 Å². The van der Waals surface area contributed by atoms with Gasteiger partial charge in [-0.25, -0.2) is 12.8 Å². The van der Waals surface area contributed by atoms with Gasteiger partial charge < -0.3 is 14.6 Å². The van der Waals surface area contributed by atoms with Crippen LogP contribution in [0.4, 0.5) is 4.39 Å². The molecular weight excluding hydrogens is 403 g/mol. The van der Waals surface area contributed by atoms with Crippen molar-refractivity contribution in [1.29, 1.82) is 0 Å². The fourth-order valence-electron chi connectivity index (χ4n) is 3.07. The zero-order valence-electron chi connectivity index (χ0n) is 16.4. The molecule has 1 fully saturated rings. The third kappa shape index (κ3) is 5.28. The summed E-state index contributed by atoms with van der Waals surface area (Å²) in [6.07, 6.45) is 4.58. The maximum absolute atomic E-state index is 12.9. The van der Waals surface area contributed by atoms with Crippen LogP contribution < -0.4 is 10.1 Å². The number of carbonyl (C=O) groups excluding carboxylic acids is 1. The monoisotopic (exact) mass is 426 g/mol. The molecule has 2 heterocycles. The highest BCUT2D eigenvalue weighted by molar-refractivity contribution is 7.90. The maximum Gasteiger partial charge on any atom is 0.270 e. The molecule has 2 aromatic rings. The molecule has 0 aromatic carbocycles. The van der Waals surface area contributed by atoms with E-state index in [1.807, 2.05) is 0 Å². The predicted molar refractivity (Wildman–Crippen MR) is 101 cm³/mol. The van der Waals surface area contributed by atoms with E-state index >= 15 is 0 Å². The van der Waals surface area contributed by atoms with Crippen LogP contribution in [0.2, 0.25) is 0 Å². The molecule has 1 saturated carbocycles. The number of aromatic nitrogens is 3.